The molecule has 1 nitrogen and oxygen atoms in total. The third-order valence-corrected chi connectivity index (χ3v) is 14.6. The molecule has 0 bridgehead atoms. The second-order valence-corrected chi connectivity index (χ2v) is 18.6. The quantitative estimate of drug-likeness (QED) is 0.147. The molecule has 0 saturated carbocycles. The molecule has 2 aliphatic carbocycles. The Hall–Kier alpha value is -8.00. The first kappa shape index (κ1) is 39.6. The minimum atomic E-state index is -0.348. The normalized spacial score (nSPS) is 15.1. The van der Waals surface area contributed by atoms with Crippen LogP contribution in [-0.2, 0) is 10.8 Å². The number of rotatable bonds is 8. The van der Waals surface area contributed by atoms with Crippen LogP contribution in [0.1, 0.15) is 48.6 Å². The van der Waals surface area contributed by atoms with Crippen LogP contribution in [0.2, 0.25) is 0 Å². The van der Waals surface area contributed by atoms with E-state index in [1.807, 2.05) is 0 Å². The summed E-state index contributed by atoms with van der Waals surface area (Å²) >= 11 is 0. The van der Waals surface area contributed by atoms with Gasteiger partial charge < -0.3 is 4.90 Å². The van der Waals surface area contributed by atoms with Gasteiger partial charge in [0.2, 0.25) is 0 Å². The van der Waals surface area contributed by atoms with Gasteiger partial charge in [-0.3, -0.25) is 0 Å². The smallest absolute Gasteiger partial charge is 0.0540 e. The van der Waals surface area contributed by atoms with E-state index in [1.54, 1.807) is 0 Å². The van der Waals surface area contributed by atoms with E-state index in [9.17, 15) is 0 Å². The van der Waals surface area contributed by atoms with Crippen molar-refractivity contribution in [1.29, 1.82) is 0 Å². The van der Waals surface area contributed by atoms with E-state index in [0.29, 0.717) is 0 Å². The summed E-state index contributed by atoms with van der Waals surface area (Å²) in [6.07, 6.45) is 0. The number of para-hydroxylation sites is 2. The van der Waals surface area contributed by atoms with E-state index >= 15 is 0 Å². The zero-order chi connectivity index (χ0) is 44.4. The molecule has 2 aliphatic rings. The second-order valence-electron chi connectivity index (χ2n) is 18.6. The Kier molecular flexibility index (Phi) is 9.36. The third-order valence-electron chi connectivity index (χ3n) is 14.6. The summed E-state index contributed by atoms with van der Waals surface area (Å²) in [7, 11) is 0. The minimum absolute atomic E-state index is 0.182. The lowest BCUT2D eigenvalue weighted by Gasteiger charge is -2.33. The van der Waals surface area contributed by atoms with Gasteiger partial charge in [0.05, 0.1) is 11.4 Å². The molecule has 0 aromatic heterocycles. The molecular weight excluding hydrogens is 795 g/mol. The monoisotopic (exact) mass is 843 g/mol. The Bertz CT molecular complexity index is 3430. The summed E-state index contributed by atoms with van der Waals surface area (Å²) in [6.45, 7) is 7.19. The van der Waals surface area contributed by atoms with E-state index in [4.69, 9.17) is 0 Å². The highest BCUT2D eigenvalue weighted by Gasteiger charge is 2.42. The fourth-order valence-corrected chi connectivity index (χ4v) is 11.3. The molecule has 66 heavy (non-hydrogen) atoms. The lowest BCUT2D eigenvalue weighted by Crippen LogP contribution is -2.23. The first-order valence-electron chi connectivity index (χ1n) is 23.2. The van der Waals surface area contributed by atoms with Gasteiger partial charge in [0, 0.05) is 27.6 Å². The van der Waals surface area contributed by atoms with Gasteiger partial charge >= 0.3 is 0 Å². The van der Waals surface area contributed by atoms with Crippen molar-refractivity contribution in [2.45, 2.75) is 31.6 Å². The predicted molar refractivity (Wildman–Crippen MR) is 278 cm³/mol. The number of hydrogen-bond acceptors (Lipinski definition) is 1. The van der Waals surface area contributed by atoms with Crippen LogP contribution in [0.15, 0.2) is 243 Å². The average Bonchev–Trinajstić information content (AvgIpc) is 3.79. The standard InChI is InChI=1S/C65H49N/c1-64(2)58-29-14-10-25-53(58)56-27-18-28-57(63(56)64)55-26-13-17-32-62(55)66(50-41-42-54-52-24-11-15-30-59(52)65(3,60(54)43-50)49-21-8-5-9-22-49)61-31-16-12-23-51(61)48-39-37-47(38-40-48)46-35-33-45(34-36-46)44-19-6-4-7-20-44/h4-43H,1-3H3. The molecule has 1 heteroatoms. The van der Waals surface area contributed by atoms with E-state index < -0.39 is 0 Å². The van der Waals surface area contributed by atoms with Gasteiger partial charge in [-0.05, 0) is 115 Å². The Labute approximate surface area is 389 Å². The van der Waals surface area contributed by atoms with Crippen molar-refractivity contribution in [3.63, 3.8) is 0 Å². The molecule has 0 radical (unpaired) electrons. The topological polar surface area (TPSA) is 3.24 Å². The molecule has 0 spiro atoms. The molecule has 0 fully saturated rings. The van der Waals surface area contributed by atoms with Crippen LogP contribution in [0.4, 0.5) is 17.1 Å². The molecule has 314 valence electrons. The van der Waals surface area contributed by atoms with Crippen LogP contribution < -0.4 is 4.90 Å². The Balaban J connectivity index is 1.04. The molecule has 0 N–H and O–H groups in total. The van der Waals surface area contributed by atoms with Crippen molar-refractivity contribution >= 4 is 17.1 Å². The zero-order valence-electron chi connectivity index (χ0n) is 37.5. The summed E-state index contributed by atoms with van der Waals surface area (Å²) in [5.74, 6) is 0. The predicted octanol–water partition coefficient (Wildman–Crippen LogP) is 17.5. The van der Waals surface area contributed by atoms with Crippen LogP contribution in [0.3, 0.4) is 0 Å². The molecule has 10 aromatic rings. The van der Waals surface area contributed by atoms with E-state index in [0.717, 1.165) is 22.6 Å². The van der Waals surface area contributed by atoms with Gasteiger partial charge in [-0.2, -0.15) is 0 Å². The van der Waals surface area contributed by atoms with Gasteiger partial charge in [0.25, 0.3) is 0 Å². The number of anilines is 3. The minimum Gasteiger partial charge on any atom is -0.309 e. The average molecular weight is 844 g/mol. The van der Waals surface area contributed by atoms with Crippen molar-refractivity contribution < 1.29 is 0 Å². The highest BCUT2D eigenvalue weighted by Crippen LogP contribution is 2.57. The van der Waals surface area contributed by atoms with Gasteiger partial charge in [-0.15, -0.1) is 0 Å². The first-order valence-corrected chi connectivity index (χ1v) is 23.2. The molecule has 12 rings (SSSR count). The number of fused-ring (bicyclic) bond motifs is 6. The Morgan fingerprint density at radius 2 is 0.712 bits per heavy atom. The van der Waals surface area contributed by atoms with Gasteiger partial charge in [-0.1, -0.05) is 232 Å². The van der Waals surface area contributed by atoms with Crippen LogP contribution in [0, 0.1) is 0 Å². The maximum Gasteiger partial charge on any atom is 0.0540 e. The molecule has 0 heterocycles. The molecule has 0 aliphatic heterocycles. The summed E-state index contributed by atoms with van der Waals surface area (Å²) in [5.41, 5.74) is 24.4. The summed E-state index contributed by atoms with van der Waals surface area (Å²) in [5, 5.41) is 0. The molecule has 0 amide bonds. The van der Waals surface area contributed by atoms with Crippen LogP contribution in [0.25, 0.3) is 66.8 Å². The van der Waals surface area contributed by atoms with Crippen molar-refractivity contribution in [3.8, 4) is 66.8 Å². The lowest BCUT2D eigenvalue weighted by atomic mass is 9.74. The Morgan fingerprint density at radius 1 is 0.288 bits per heavy atom. The molecule has 1 atom stereocenters. The van der Waals surface area contributed by atoms with E-state index in [-0.39, 0.29) is 10.8 Å². The fourth-order valence-electron chi connectivity index (χ4n) is 11.3. The van der Waals surface area contributed by atoms with Crippen molar-refractivity contribution in [1.82, 2.24) is 0 Å². The zero-order valence-corrected chi connectivity index (χ0v) is 37.5. The van der Waals surface area contributed by atoms with Crippen molar-refractivity contribution in [2.75, 3.05) is 4.90 Å². The van der Waals surface area contributed by atoms with Crippen molar-refractivity contribution in [2.24, 2.45) is 0 Å². The summed E-state index contributed by atoms with van der Waals surface area (Å²) < 4.78 is 0. The highest BCUT2D eigenvalue weighted by atomic mass is 15.1. The largest absolute Gasteiger partial charge is 0.309 e. The van der Waals surface area contributed by atoms with Gasteiger partial charge in [0.15, 0.2) is 0 Å². The second kappa shape index (κ2) is 15.6. The fraction of sp³-hybridized carbons (Fsp3) is 0.0769. The highest BCUT2D eigenvalue weighted by molar-refractivity contribution is 5.98. The Morgan fingerprint density at radius 3 is 1.35 bits per heavy atom. The van der Waals surface area contributed by atoms with Gasteiger partial charge in [-0.25, -0.2) is 0 Å². The maximum absolute atomic E-state index is 2.53. The summed E-state index contributed by atoms with van der Waals surface area (Å²) in [4.78, 5) is 2.53. The molecular formula is C65H49N. The number of nitrogens with zero attached hydrogens (tertiary/aromatic N) is 1. The molecule has 0 saturated heterocycles. The van der Waals surface area contributed by atoms with E-state index in [1.165, 1.54) is 89.0 Å². The first-order chi connectivity index (χ1) is 32.4. The van der Waals surface area contributed by atoms with Crippen LogP contribution in [-0.4, -0.2) is 0 Å². The number of benzene rings is 10. The molecule has 1 unspecified atom stereocenters. The lowest BCUT2D eigenvalue weighted by molar-refractivity contribution is 0.662. The van der Waals surface area contributed by atoms with Gasteiger partial charge in [0.1, 0.15) is 0 Å². The SMILES string of the molecule is CC1(C)c2ccccc2-c2cccc(-c3ccccc3N(c3ccc4c(c3)C(C)(c3ccccc3)c3ccccc3-4)c3ccccc3-c3ccc(-c4ccc(-c5ccccc5)cc4)cc3)c21. The molecule has 10 aromatic carbocycles. The number of hydrogen-bond donors (Lipinski definition) is 0. The van der Waals surface area contributed by atoms with Crippen molar-refractivity contribution in [3.05, 3.63) is 270 Å². The van der Waals surface area contributed by atoms with Crippen LogP contribution >= 0.6 is 0 Å². The third kappa shape index (κ3) is 6.22. The summed E-state index contributed by atoms with van der Waals surface area (Å²) in [6, 6.07) is 89.7. The van der Waals surface area contributed by atoms with Crippen LogP contribution in [0.5, 0.6) is 0 Å². The van der Waals surface area contributed by atoms with E-state index in [2.05, 4.69) is 268 Å². The maximum atomic E-state index is 2.53.